The van der Waals surface area contributed by atoms with E-state index in [4.69, 9.17) is 19.9 Å². The molecule has 33 heavy (non-hydrogen) atoms. The van der Waals surface area contributed by atoms with Crippen LogP contribution < -0.4 is 0 Å². The molecule has 3 aromatic rings. The average molecular weight is 448 g/mol. The Kier molecular flexibility index (Phi) is 7.31. The van der Waals surface area contributed by atoms with Crippen LogP contribution in [0.1, 0.15) is 85.1 Å². The largest absolute Gasteiger partial charge is 0.462 e. The third-order valence-corrected chi connectivity index (χ3v) is 5.55. The van der Waals surface area contributed by atoms with Crippen molar-refractivity contribution in [2.24, 2.45) is 10.2 Å². The smallest absolute Gasteiger partial charge is 0.340 e. The van der Waals surface area contributed by atoms with Crippen LogP contribution in [0.3, 0.4) is 0 Å². The first kappa shape index (κ1) is 24.2. The molecule has 0 saturated heterocycles. The molecular weight excluding hydrogens is 414 g/mol. The highest BCUT2D eigenvalue weighted by Gasteiger charge is 2.17. The summed E-state index contributed by atoms with van der Waals surface area (Å²) >= 11 is 0. The summed E-state index contributed by atoms with van der Waals surface area (Å²) in [7, 11) is 0. The van der Waals surface area contributed by atoms with Crippen LogP contribution in [0, 0.1) is 20.8 Å². The number of carbonyl (C=O) groups is 1. The standard InChI is InChI=1S/C26H33N5O2/c1-9-33-26(32)22-15-18(5)30(21(22)8)28-19(6)23-11-10-12-24(27-23)20(7)29-31-17(4)13-14-25(31)16(2)3/h10-16H,9H2,1-8H3/b28-19+,29-20+. The fraction of sp³-hybridized carbons (Fsp3) is 0.385. The first-order valence-electron chi connectivity index (χ1n) is 11.3. The monoisotopic (exact) mass is 447 g/mol. The molecule has 0 bridgehead atoms. The molecular formula is C26H33N5O2. The van der Waals surface area contributed by atoms with E-state index in [0.29, 0.717) is 18.1 Å². The third-order valence-electron chi connectivity index (χ3n) is 5.55. The number of carbonyl (C=O) groups excluding carboxylic acids is 1. The second-order valence-corrected chi connectivity index (χ2v) is 8.46. The van der Waals surface area contributed by atoms with Gasteiger partial charge in [0.05, 0.1) is 40.7 Å². The number of ether oxygens (including phenoxy) is 1. The highest BCUT2D eigenvalue weighted by atomic mass is 16.5. The van der Waals surface area contributed by atoms with E-state index in [1.54, 1.807) is 17.7 Å². The van der Waals surface area contributed by atoms with Gasteiger partial charge >= 0.3 is 5.97 Å². The van der Waals surface area contributed by atoms with E-state index in [-0.39, 0.29) is 5.97 Å². The molecule has 0 aliphatic heterocycles. The summed E-state index contributed by atoms with van der Waals surface area (Å²) < 4.78 is 8.90. The van der Waals surface area contributed by atoms with Crippen molar-refractivity contribution in [1.29, 1.82) is 0 Å². The number of esters is 1. The van der Waals surface area contributed by atoms with Gasteiger partial charge in [-0.3, -0.25) is 0 Å². The van der Waals surface area contributed by atoms with Crippen LogP contribution in [-0.2, 0) is 4.74 Å². The van der Waals surface area contributed by atoms with Crippen LogP contribution in [0.5, 0.6) is 0 Å². The van der Waals surface area contributed by atoms with E-state index in [9.17, 15) is 4.79 Å². The number of aromatic nitrogens is 3. The van der Waals surface area contributed by atoms with Gasteiger partial charge in [0.2, 0.25) is 0 Å². The summed E-state index contributed by atoms with van der Waals surface area (Å²) in [5.41, 5.74) is 7.47. The second kappa shape index (κ2) is 9.98. The van der Waals surface area contributed by atoms with Crippen molar-refractivity contribution in [3.05, 3.63) is 76.1 Å². The van der Waals surface area contributed by atoms with Crippen LogP contribution in [0.4, 0.5) is 0 Å². The molecule has 0 N–H and O–H groups in total. The number of nitrogens with zero attached hydrogens (tertiary/aromatic N) is 5. The SMILES string of the molecule is CCOC(=O)c1cc(C)n(/N=C(\C)c2cccc(/C(C)=N/n3c(C)ccc3C(C)C)n2)c1C. The van der Waals surface area contributed by atoms with Gasteiger partial charge in [-0.2, -0.15) is 10.2 Å². The maximum Gasteiger partial charge on any atom is 0.340 e. The summed E-state index contributed by atoms with van der Waals surface area (Å²) in [6.07, 6.45) is 0. The molecule has 0 unspecified atom stereocenters. The first-order valence-corrected chi connectivity index (χ1v) is 11.3. The lowest BCUT2D eigenvalue weighted by Gasteiger charge is -2.11. The van der Waals surface area contributed by atoms with Crippen LogP contribution in [0.2, 0.25) is 0 Å². The quantitative estimate of drug-likeness (QED) is 0.357. The second-order valence-electron chi connectivity index (χ2n) is 8.46. The van der Waals surface area contributed by atoms with E-state index in [2.05, 4.69) is 32.9 Å². The zero-order valence-electron chi connectivity index (χ0n) is 20.8. The van der Waals surface area contributed by atoms with Gasteiger partial charge in [-0.05, 0) is 77.8 Å². The Hall–Kier alpha value is -3.48. The average Bonchev–Trinajstić information content (AvgIpc) is 3.28. The molecule has 7 heteroatoms. The number of aryl methyl sites for hydroxylation is 2. The van der Waals surface area contributed by atoms with Crippen LogP contribution >= 0.6 is 0 Å². The number of rotatable bonds is 7. The van der Waals surface area contributed by atoms with Crippen molar-refractivity contribution in [1.82, 2.24) is 14.3 Å². The van der Waals surface area contributed by atoms with E-state index in [1.165, 1.54) is 0 Å². The minimum atomic E-state index is -0.335. The molecule has 3 rings (SSSR count). The van der Waals surface area contributed by atoms with Gasteiger partial charge in [0, 0.05) is 17.1 Å². The minimum absolute atomic E-state index is 0.335. The first-order chi connectivity index (χ1) is 15.6. The van der Waals surface area contributed by atoms with Gasteiger partial charge < -0.3 is 4.74 Å². The Labute approximate surface area is 195 Å². The predicted molar refractivity (Wildman–Crippen MR) is 133 cm³/mol. The van der Waals surface area contributed by atoms with Gasteiger partial charge in [-0.25, -0.2) is 19.1 Å². The Morgan fingerprint density at radius 2 is 1.58 bits per heavy atom. The van der Waals surface area contributed by atoms with Gasteiger partial charge in [-0.1, -0.05) is 19.9 Å². The molecule has 3 aromatic heterocycles. The van der Waals surface area contributed by atoms with Gasteiger partial charge in [0.25, 0.3) is 0 Å². The molecule has 0 aromatic carbocycles. The molecule has 0 spiro atoms. The highest BCUT2D eigenvalue weighted by molar-refractivity contribution is 6.00. The summed E-state index contributed by atoms with van der Waals surface area (Å²) in [6, 6.07) is 11.8. The lowest BCUT2D eigenvalue weighted by Crippen LogP contribution is -2.10. The Morgan fingerprint density at radius 1 is 0.970 bits per heavy atom. The zero-order valence-corrected chi connectivity index (χ0v) is 20.8. The fourth-order valence-corrected chi connectivity index (χ4v) is 3.69. The van der Waals surface area contributed by atoms with Crippen LogP contribution in [0.25, 0.3) is 0 Å². The predicted octanol–water partition coefficient (Wildman–Crippen LogP) is 5.45. The van der Waals surface area contributed by atoms with Crippen LogP contribution in [0.15, 0.2) is 46.6 Å². The molecule has 0 saturated carbocycles. The van der Waals surface area contributed by atoms with E-state index in [0.717, 1.165) is 45.6 Å². The lowest BCUT2D eigenvalue weighted by molar-refractivity contribution is 0.0525. The minimum Gasteiger partial charge on any atom is -0.462 e. The molecule has 3 heterocycles. The van der Waals surface area contributed by atoms with Crippen molar-refractivity contribution < 1.29 is 9.53 Å². The molecule has 0 aliphatic carbocycles. The number of hydrogen-bond acceptors (Lipinski definition) is 5. The summed E-state index contributed by atoms with van der Waals surface area (Å²) in [5, 5.41) is 9.57. The van der Waals surface area contributed by atoms with Crippen molar-refractivity contribution >= 4 is 17.4 Å². The molecule has 0 fully saturated rings. The lowest BCUT2D eigenvalue weighted by atomic mass is 10.1. The summed E-state index contributed by atoms with van der Waals surface area (Å²) in [6.45, 7) is 16.2. The molecule has 0 amide bonds. The Morgan fingerprint density at radius 3 is 2.15 bits per heavy atom. The Bertz CT molecular complexity index is 1230. The third kappa shape index (κ3) is 5.13. The molecule has 0 radical (unpaired) electrons. The Balaban J connectivity index is 1.95. The van der Waals surface area contributed by atoms with Gasteiger partial charge in [0.1, 0.15) is 0 Å². The maximum absolute atomic E-state index is 12.2. The van der Waals surface area contributed by atoms with Crippen molar-refractivity contribution in [2.45, 2.75) is 61.3 Å². The van der Waals surface area contributed by atoms with Crippen molar-refractivity contribution in [3.63, 3.8) is 0 Å². The van der Waals surface area contributed by atoms with Crippen LogP contribution in [-0.4, -0.2) is 38.3 Å². The molecule has 0 atom stereocenters. The molecule has 174 valence electrons. The highest BCUT2D eigenvalue weighted by Crippen LogP contribution is 2.19. The number of hydrogen-bond donors (Lipinski definition) is 0. The topological polar surface area (TPSA) is 73.8 Å². The van der Waals surface area contributed by atoms with Crippen molar-refractivity contribution in [2.75, 3.05) is 6.61 Å². The summed E-state index contributed by atoms with van der Waals surface area (Å²) in [5.74, 6) is 0.0363. The maximum atomic E-state index is 12.2. The van der Waals surface area contributed by atoms with E-state index in [1.807, 2.05) is 50.6 Å². The van der Waals surface area contributed by atoms with E-state index < -0.39 is 0 Å². The fourth-order valence-electron chi connectivity index (χ4n) is 3.69. The number of pyridine rings is 1. The zero-order chi connectivity index (χ0) is 24.3. The van der Waals surface area contributed by atoms with E-state index >= 15 is 0 Å². The summed E-state index contributed by atoms with van der Waals surface area (Å²) in [4.78, 5) is 17.0. The normalized spacial score (nSPS) is 12.5. The van der Waals surface area contributed by atoms with Gasteiger partial charge in [-0.15, -0.1) is 0 Å². The van der Waals surface area contributed by atoms with Gasteiger partial charge in [0.15, 0.2) is 0 Å². The molecule has 7 nitrogen and oxygen atoms in total. The van der Waals surface area contributed by atoms with Crippen molar-refractivity contribution in [3.8, 4) is 0 Å². The molecule has 0 aliphatic rings.